The molecule has 2 aromatic carbocycles. The second kappa shape index (κ2) is 7.36. The van der Waals surface area contributed by atoms with Crippen LogP contribution in [0.1, 0.15) is 5.56 Å². The molecule has 2 aliphatic heterocycles. The highest BCUT2D eigenvalue weighted by Crippen LogP contribution is 2.41. The van der Waals surface area contributed by atoms with E-state index in [0.717, 1.165) is 0 Å². The van der Waals surface area contributed by atoms with Crippen molar-refractivity contribution < 1.29 is 43.8 Å². The number of aryl methyl sites for hydroxylation is 1. The molecular formula is C21H20O10. The van der Waals surface area contributed by atoms with Gasteiger partial charge in [-0.3, -0.25) is 0 Å². The number of aliphatic hydroxyl groups is 4. The molecule has 164 valence electrons. The van der Waals surface area contributed by atoms with Gasteiger partial charge in [-0.1, -0.05) is 0 Å². The van der Waals surface area contributed by atoms with E-state index in [4.69, 9.17) is 23.4 Å². The van der Waals surface area contributed by atoms with E-state index in [2.05, 4.69) is 0 Å². The zero-order chi connectivity index (χ0) is 21.9. The summed E-state index contributed by atoms with van der Waals surface area (Å²) in [5.41, 5.74) is 0.141. The molecule has 5 atom stereocenters. The van der Waals surface area contributed by atoms with Gasteiger partial charge in [0, 0.05) is 16.3 Å². The average molecular weight is 432 g/mol. The van der Waals surface area contributed by atoms with Crippen molar-refractivity contribution in [2.24, 2.45) is 0 Å². The molecule has 5 rings (SSSR count). The lowest BCUT2D eigenvalue weighted by molar-refractivity contribution is -0.277. The van der Waals surface area contributed by atoms with Crippen LogP contribution in [0.25, 0.3) is 21.7 Å². The van der Waals surface area contributed by atoms with E-state index < -0.39 is 42.9 Å². The van der Waals surface area contributed by atoms with E-state index in [-0.39, 0.29) is 23.5 Å². The molecule has 0 amide bonds. The van der Waals surface area contributed by atoms with Gasteiger partial charge in [-0.25, -0.2) is 4.79 Å². The van der Waals surface area contributed by atoms with Crippen LogP contribution in [-0.2, 0) is 4.74 Å². The van der Waals surface area contributed by atoms with E-state index in [1.165, 1.54) is 0 Å². The van der Waals surface area contributed by atoms with Crippen molar-refractivity contribution in [1.29, 1.82) is 0 Å². The van der Waals surface area contributed by atoms with Gasteiger partial charge in [0.15, 0.2) is 11.5 Å². The van der Waals surface area contributed by atoms with Gasteiger partial charge in [-0.15, -0.1) is 0 Å². The summed E-state index contributed by atoms with van der Waals surface area (Å²) in [6.45, 7) is 1.12. The van der Waals surface area contributed by atoms with E-state index in [9.17, 15) is 25.2 Å². The second-order valence-corrected chi connectivity index (χ2v) is 7.49. The minimum Gasteiger partial charge on any atom is -0.462 e. The lowest BCUT2D eigenvalue weighted by Gasteiger charge is -2.39. The fraction of sp³-hybridized carbons (Fsp3) is 0.381. The number of benzene rings is 2. The summed E-state index contributed by atoms with van der Waals surface area (Å²) in [5.74, 6) is 1.05. The minimum atomic E-state index is -1.57. The molecule has 0 unspecified atom stereocenters. The summed E-state index contributed by atoms with van der Waals surface area (Å²) in [6, 6.07) is 6.77. The molecule has 1 saturated heterocycles. The van der Waals surface area contributed by atoms with Crippen LogP contribution >= 0.6 is 0 Å². The highest BCUT2D eigenvalue weighted by Gasteiger charge is 2.44. The van der Waals surface area contributed by atoms with Crippen molar-refractivity contribution in [3.05, 3.63) is 40.2 Å². The van der Waals surface area contributed by atoms with Crippen LogP contribution in [-0.4, -0.2) is 64.5 Å². The van der Waals surface area contributed by atoms with Gasteiger partial charge in [0.2, 0.25) is 13.1 Å². The highest BCUT2D eigenvalue weighted by molar-refractivity contribution is 6.08. The van der Waals surface area contributed by atoms with Crippen molar-refractivity contribution >= 4 is 21.7 Å². The first-order chi connectivity index (χ1) is 14.9. The third-order valence-corrected chi connectivity index (χ3v) is 5.68. The largest absolute Gasteiger partial charge is 0.462 e. The fourth-order valence-electron chi connectivity index (χ4n) is 3.98. The summed E-state index contributed by atoms with van der Waals surface area (Å²) in [6.07, 6.45) is -7.07. The molecule has 0 spiro atoms. The molecule has 10 nitrogen and oxygen atoms in total. The van der Waals surface area contributed by atoms with Crippen LogP contribution in [0.4, 0.5) is 0 Å². The summed E-state index contributed by atoms with van der Waals surface area (Å²) in [7, 11) is 0. The van der Waals surface area contributed by atoms with Crippen LogP contribution in [0, 0.1) is 6.92 Å². The zero-order valence-electron chi connectivity index (χ0n) is 16.3. The van der Waals surface area contributed by atoms with Crippen molar-refractivity contribution in [1.82, 2.24) is 0 Å². The van der Waals surface area contributed by atoms with Gasteiger partial charge in [0.05, 0.1) is 6.61 Å². The molecule has 4 N–H and O–H groups in total. The number of rotatable bonds is 3. The maximum atomic E-state index is 12.7. The minimum absolute atomic E-state index is 0.0246. The normalized spacial score (nSPS) is 27.7. The Morgan fingerprint density at radius 1 is 1.03 bits per heavy atom. The third-order valence-electron chi connectivity index (χ3n) is 5.68. The van der Waals surface area contributed by atoms with E-state index >= 15 is 0 Å². The first-order valence-corrected chi connectivity index (χ1v) is 9.66. The van der Waals surface area contributed by atoms with Gasteiger partial charge >= 0.3 is 5.63 Å². The van der Waals surface area contributed by atoms with Crippen molar-refractivity contribution in [3.63, 3.8) is 0 Å². The van der Waals surface area contributed by atoms with Gasteiger partial charge in [-0.05, 0) is 31.2 Å². The van der Waals surface area contributed by atoms with E-state index in [0.29, 0.717) is 27.8 Å². The topological polar surface area (TPSA) is 148 Å². The number of ether oxygens (including phenoxy) is 4. The van der Waals surface area contributed by atoms with E-state index in [1.807, 2.05) is 0 Å². The molecule has 10 heteroatoms. The van der Waals surface area contributed by atoms with Crippen LogP contribution in [0.15, 0.2) is 33.5 Å². The Morgan fingerprint density at radius 3 is 2.58 bits per heavy atom. The molecular weight excluding hydrogens is 412 g/mol. The third kappa shape index (κ3) is 3.03. The second-order valence-electron chi connectivity index (χ2n) is 7.49. The van der Waals surface area contributed by atoms with Crippen LogP contribution in [0.5, 0.6) is 17.2 Å². The van der Waals surface area contributed by atoms with Crippen molar-refractivity contribution in [3.8, 4) is 17.2 Å². The Hall–Kier alpha value is -2.89. The summed E-state index contributed by atoms with van der Waals surface area (Å²) >= 11 is 0. The summed E-state index contributed by atoms with van der Waals surface area (Å²) < 4.78 is 27.4. The Kier molecular flexibility index (Phi) is 4.76. The SMILES string of the molecule is Cc1c(O[C@@H]2O[C@H](CO)[C@@H](O)[C@H](O)[C@H]2O)ccc2c1oc(=O)c1c3c(ccc12)OCO3. The molecule has 1 fully saturated rings. The van der Waals surface area contributed by atoms with Crippen molar-refractivity contribution in [2.45, 2.75) is 37.6 Å². The van der Waals surface area contributed by atoms with Crippen LogP contribution < -0.4 is 19.8 Å². The number of hydrogen-bond donors (Lipinski definition) is 4. The Morgan fingerprint density at radius 2 is 1.81 bits per heavy atom. The Labute approximate surface area is 174 Å². The van der Waals surface area contributed by atoms with Gasteiger partial charge in [0.1, 0.15) is 41.1 Å². The molecule has 3 heterocycles. The Balaban J connectivity index is 1.57. The maximum absolute atomic E-state index is 12.7. The quantitative estimate of drug-likeness (QED) is 0.333. The number of hydrogen-bond acceptors (Lipinski definition) is 10. The summed E-state index contributed by atoms with van der Waals surface area (Å²) in [5, 5.41) is 41.0. The standard InChI is InChI=1S/C21H20O10/c1-8-11(29-21-17(25)16(24)15(23)13(6-22)30-21)4-3-10-9-2-5-12-19(28-7-27-12)14(9)20(26)31-18(8)10/h2-5,13,15-17,21-25H,6-7H2,1H3/t13-,15-,16+,17-,21-/m1/s1. The lowest BCUT2D eigenvalue weighted by Crippen LogP contribution is -2.60. The average Bonchev–Trinajstić information content (AvgIpc) is 3.25. The predicted octanol–water partition coefficient (Wildman–Crippen LogP) is 0.162. The van der Waals surface area contributed by atoms with Crippen LogP contribution in [0.2, 0.25) is 0 Å². The molecule has 0 aliphatic carbocycles. The van der Waals surface area contributed by atoms with Crippen molar-refractivity contribution in [2.75, 3.05) is 13.4 Å². The zero-order valence-corrected chi connectivity index (χ0v) is 16.3. The first-order valence-electron chi connectivity index (χ1n) is 9.66. The summed E-state index contributed by atoms with van der Waals surface area (Å²) in [4.78, 5) is 12.7. The van der Waals surface area contributed by atoms with E-state index in [1.54, 1.807) is 31.2 Å². The Bertz CT molecular complexity index is 1220. The number of aliphatic hydroxyl groups excluding tert-OH is 4. The van der Waals surface area contributed by atoms with Gasteiger partial charge in [0.25, 0.3) is 0 Å². The van der Waals surface area contributed by atoms with Crippen LogP contribution in [0.3, 0.4) is 0 Å². The monoisotopic (exact) mass is 432 g/mol. The smallest absolute Gasteiger partial charge is 0.348 e. The molecule has 0 bridgehead atoms. The number of fused-ring (bicyclic) bond motifs is 5. The molecule has 2 aliphatic rings. The molecule has 1 aromatic heterocycles. The molecule has 0 saturated carbocycles. The lowest BCUT2D eigenvalue weighted by atomic mass is 9.99. The first kappa shape index (κ1) is 20.0. The molecule has 3 aromatic rings. The predicted molar refractivity (Wildman–Crippen MR) is 105 cm³/mol. The molecule has 0 radical (unpaired) electrons. The molecule has 31 heavy (non-hydrogen) atoms. The van der Waals surface area contributed by atoms with Gasteiger partial charge < -0.3 is 43.8 Å². The fourth-order valence-corrected chi connectivity index (χ4v) is 3.98. The maximum Gasteiger partial charge on any atom is 0.348 e. The highest BCUT2D eigenvalue weighted by atomic mass is 16.7. The van der Waals surface area contributed by atoms with Gasteiger partial charge in [-0.2, -0.15) is 0 Å².